The van der Waals surface area contributed by atoms with E-state index in [0.29, 0.717) is 11.3 Å². The summed E-state index contributed by atoms with van der Waals surface area (Å²) in [5.74, 6) is -0.525. The molecule has 1 unspecified atom stereocenters. The first-order valence-electron chi connectivity index (χ1n) is 9.21. The van der Waals surface area contributed by atoms with Crippen molar-refractivity contribution < 1.29 is 14.8 Å². The Labute approximate surface area is 159 Å². The van der Waals surface area contributed by atoms with Gasteiger partial charge >= 0.3 is 0 Å². The highest BCUT2D eigenvalue weighted by molar-refractivity contribution is 6.05. The Bertz CT molecular complexity index is 821. The van der Waals surface area contributed by atoms with Gasteiger partial charge in [0.05, 0.1) is 11.4 Å². The lowest BCUT2D eigenvalue weighted by molar-refractivity contribution is -0.118. The van der Waals surface area contributed by atoms with Crippen molar-refractivity contribution in [3.63, 3.8) is 0 Å². The third-order valence-electron chi connectivity index (χ3n) is 4.87. The summed E-state index contributed by atoms with van der Waals surface area (Å²) in [6.07, 6.45) is 1.85. The minimum Gasteiger partial charge on any atom is -0.358 e. The summed E-state index contributed by atoms with van der Waals surface area (Å²) in [5.41, 5.74) is 4.69. The highest BCUT2D eigenvalue weighted by Crippen LogP contribution is 2.35. The Morgan fingerprint density at radius 1 is 1.22 bits per heavy atom. The van der Waals surface area contributed by atoms with E-state index in [0.717, 1.165) is 25.1 Å². The Kier molecular flexibility index (Phi) is 5.76. The first kappa shape index (κ1) is 18.9. The van der Waals surface area contributed by atoms with Crippen LogP contribution in [0, 0.1) is 5.92 Å². The molecule has 6 nitrogen and oxygen atoms in total. The Hall–Kier alpha value is -2.86. The molecule has 0 spiro atoms. The van der Waals surface area contributed by atoms with Gasteiger partial charge in [-0.05, 0) is 42.5 Å². The third-order valence-corrected chi connectivity index (χ3v) is 4.87. The SMILES string of the molecule is CC(C)C1C(=O)Nc2cc(C(=O)NO)ccc2N1CCCc1ccccc1. The van der Waals surface area contributed by atoms with E-state index in [1.807, 2.05) is 38.1 Å². The maximum Gasteiger partial charge on any atom is 0.274 e. The lowest BCUT2D eigenvalue weighted by Gasteiger charge is -2.40. The average Bonchev–Trinajstić information content (AvgIpc) is 2.67. The van der Waals surface area contributed by atoms with E-state index < -0.39 is 5.91 Å². The van der Waals surface area contributed by atoms with Gasteiger partial charge in [-0.25, -0.2) is 5.48 Å². The molecule has 3 rings (SSSR count). The van der Waals surface area contributed by atoms with Gasteiger partial charge in [-0.1, -0.05) is 44.2 Å². The molecule has 1 heterocycles. The number of amides is 2. The molecular weight excluding hydrogens is 342 g/mol. The number of benzene rings is 2. The summed E-state index contributed by atoms with van der Waals surface area (Å²) in [5, 5.41) is 11.7. The summed E-state index contributed by atoms with van der Waals surface area (Å²) in [7, 11) is 0. The molecule has 0 aliphatic carbocycles. The molecule has 0 aromatic heterocycles. The maximum atomic E-state index is 12.7. The van der Waals surface area contributed by atoms with Crippen LogP contribution in [0.1, 0.15) is 36.2 Å². The van der Waals surface area contributed by atoms with Crippen LogP contribution in [0.4, 0.5) is 11.4 Å². The second-order valence-electron chi connectivity index (χ2n) is 7.13. The van der Waals surface area contributed by atoms with Gasteiger partial charge in [0, 0.05) is 12.1 Å². The number of carbonyl (C=O) groups excluding carboxylic acids is 2. The molecule has 3 N–H and O–H groups in total. The average molecular weight is 367 g/mol. The van der Waals surface area contributed by atoms with Crippen molar-refractivity contribution in [1.82, 2.24) is 5.48 Å². The number of hydrogen-bond acceptors (Lipinski definition) is 4. The zero-order valence-corrected chi connectivity index (χ0v) is 15.6. The Morgan fingerprint density at radius 2 is 1.96 bits per heavy atom. The molecular formula is C21H25N3O3. The number of fused-ring (bicyclic) bond motifs is 1. The molecule has 2 aromatic carbocycles. The van der Waals surface area contributed by atoms with Crippen LogP contribution in [0.5, 0.6) is 0 Å². The molecule has 1 atom stereocenters. The monoisotopic (exact) mass is 367 g/mol. The van der Waals surface area contributed by atoms with E-state index >= 15 is 0 Å². The molecule has 0 saturated heterocycles. The fraction of sp³-hybridized carbons (Fsp3) is 0.333. The largest absolute Gasteiger partial charge is 0.358 e. The molecule has 0 saturated carbocycles. The van der Waals surface area contributed by atoms with Crippen LogP contribution in [-0.4, -0.2) is 29.6 Å². The molecule has 142 valence electrons. The highest BCUT2D eigenvalue weighted by atomic mass is 16.5. The van der Waals surface area contributed by atoms with Crippen LogP contribution in [0.3, 0.4) is 0 Å². The highest BCUT2D eigenvalue weighted by Gasteiger charge is 2.35. The number of aryl methyl sites for hydroxylation is 1. The van der Waals surface area contributed by atoms with Crippen LogP contribution in [0.15, 0.2) is 48.5 Å². The number of hydrogen-bond donors (Lipinski definition) is 3. The van der Waals surface area contributed by atoms with Crippen molar-refractivity contribution in [2.75, 3.05) is 16.8 Å². The van der Waals surface area contributed by atoms with E-state index in [9.17, 15) is 9.59 Å². The van der Waals surface area contributed by atoms with Crippen molar-refractivity contribution >= 4 is 23.2 Å². The standard InChI is InChI=1S/C21H25N3O3/c1-14(2)19-21(26)22-17-13-16(20(25)23-27)10-11-18(17)24(19)12-6-9-15-7-4-3-5-8-15/h3-5,7-8,10-11,13-14,19,27H,6,9,12H2,1-2H3,(H,22,26)(H,23,25). The first-order valence-corrected chi connectivity index (χ1v) is 9.21. The molecule has 2 aromatic rings. The molecule has 2 amide bonds. The third kappa shape index (κ3) is 4.11. The zero-order chi connectivity index (χ0) is 19.4. The van der Waals surface area contributed by atoms with Crippen LogP contribution in [0.2, 0.25) is 0 Å². The number of nitrogens with zero attached hydrogens (tertiary/aromatic N) is 1. The number of rotatable bonds is 6. The van der Waals surface area contributed by atoms with Crippen LogP contribution >= 0.6 is 0 Å². The van der Waals surface area contributed by atoms with Gasteiger partial charge in [0.2, 0.25) is 5.91 Å². The van der Waals surface area contributed by atoms with Crippen LogP contribution < -0.4 is 15.7 Å². The van der Waals surface area contributed by atoms with E-state index in [-0.39, 0.29) is 17.9 Å². The molecule has 1 aliphatic heterocycles. The second kappa shape index (κ2) is 8.22. The van der Waals surface area contributed by atoms with Gasteiger partial charge in [-0.2, -0.15) is 0 Å². The van der Waals surface area contributed by atoms with Crippen LogP contribution in [-0.2, 0) is 11.2 Å². The molecule has 1 aliphatic rings. The summed E-state index contributed by atoms with van der Waals surface area (Å²) in [6, 6.07) is 15.1. The van der Waals surface area contributed by atoms with Gasteiger partial charge in [0.1, 0.15) is 6.04 Å². The smallest absolute Gasteiger partial charge is 0.274 e. The molecule has 0 fully saturated rings. The van der Waals surface area contributed by atoms with E-state index in [1.165, 1.54) is 5.56 Å². The lowest BCUT2D eigenvalue weighted by Crippen LogP contribution is -2.51. The van der Waals surface area contributed by atoms with Gasteiger partial charge in [-0.15, -0.1) is 0 Å². The fourth-order valence-electron chi connectivity index (χ4n) is 3.61. The van der Waals surface area contributed by atoms with Crippen LogP contribution in [0.25, 0.3) is 0 Å². The first-order chi connectivity index (χ1) is 13.0. The summed E-state index contributed by atoms with van der Waals surface area (Å²) >= 11 is 0. The quantitative estimate of drug-likeness (QED) is 0.541. The van der Waals surface area contributed by atoms with Gasteiger partial charge in [-0.3, -0.25) is 14.8 Å². The van der Waals surface area contributed by atoms with Gasteiger partial charge < -0.3 is 10.2 Å². The molecule has 27 heavy (non-hydrogen) atoms. The van der Waals surface area contributed by atoms with Crippen molar-refractivity contribution in [2.45, 2.75) is 32.7 Å². The fourth-order valence-corrected chi connectivity index (χ4v) is 3.61. The molecule has 6 heteroatoms. The van der Waals surface area contributed by atoms with Crippen molar-refractivity contribution in [1.29, 1.82) is 0 Å². The van der Waals surface area contributed by atoms with Crippen molar-refractivity contribution in [3.05, 3.63) is 59.7 Å². The zero-order valence-electron chi connectivity index (χ0n) is 15.6. The molecule has 0 radical (unpaired) electrons. The number of carbonyl (C=O) groups is 2. The van der Waals surface area contributed by atoms with Crippen molar-refractivity contribution in [3.8, 4) is 0 Å². The van der Waals surface area contributed by atoms with E-state index in [4.69, 9.17) is 5.21 Å². The maximum absolute atomic E-state index is 12.7. The minimum absolute atomic E-state index is 0.0706. The number of hydroxylamine groups is 1. The summed E-state index contributed by atoms with van der Waals surface area (Å²) < 4.78 is 0. The minimum atomic E-state index is -0.603. The topological polar surface area (TPSA) is 81.7 Å². The predicted molar refractivity (Wildman–Crippen MR) is 105 cm³/mol. The van der Waals surface area contributed by atoms with Crippen molar-refractivity contribution in [2.24, 2.45) is 5.92 Å². The Morgan fingerprint density at radius 3 is 2.63 bits per heavy atom. The van der Waals surface area contributed by atoms with Gasteiger partial charge in [0.25, 0.3) is 5.91 Å². The summed E-state index contributed by atoms with van der Waals surface area (Å²) in [6.45, 7) is 4.81. The van der Waals surface area contributed by atoms with E-state index in [2.05, 4.69) is 22.3 Å². The van der Waals surface area contributed by atoms with Gasteiger partial charge in [0.15, 0.2) is 0 Å². The number of anilines is 2. The second-order valence-corrected chi connectivity index (χ2v) is 7.13. The summed E-state index contributed by atoms with van der Waals surface area (Å²) in [4.78, 5) is 26.5. The predicted octanol–water partition coefficient (Wildman–Crippen LogP) is 3.22. The van der Waals surface area contributed by atoms with E-state index in [1.54, 1.807) is 17.6 Å². The Balaban J connectivity index is 1.84. The number of nitrogens with one attached hydrogen (secondary N) is 2. The lowest BCUT2D eigenvalue weighted by atomic mass is 9.96. The molecule has 0 bridgehead atoms. The normalized spacial score (nSPS) is 16.1.